The number of carbonyl (C=O) groups excluding carboxylic acids is 2. The van der Waals surface area contributed by atoms with E-state index in [1.807, 2.05) is 70.2 Å². The standard InChI is InChI=1S/C32H46N2O5/c1-25(22-34-23-26-12-6-5-7-13-26)29(35)38-24-27-14-8-9-15-28(27)37-21-11-10-16-32(17-19-33-20-18-32)30(36)39-31(2,3)4/h5-9,12-15,25,33-34H,10-11,16-24H2,1-4H3. The summed E-state index contributed by atoms with van der Waals surface area (Å²) < 4.78 is 17.5. The Kier molecular flexibility index (Phi) is 11.8. The first-order chi connectivity index (χ1) is 18.7. The van der Waals surface area contributed by atoms with Gasteiger partial charge in [-0.25, -0.2) is 0 Å². The smallest absolute Gasteiger partial charge is 0.312 e. The third-order valence-electron chi connectivity index (χ3n) is 7.07. The third kappa shape index (κ3) is 10.3. The van der Waals surface area contributed by atoms with E-state index in [1.165, 1.54) is 5.56 Å². The molecule has 2 N–H and O–H groups in total. The molecule has 2 aromatic rings. The van der Waals surface area contributed by atoms with Gasteiger partial charge in [0.05, 0.1) is 17.9 Å². The highest BCUT2D eigenvalue weighted by Gasteiger charge is 2.41. The van der Waals surface area contributed by atoms with Crippen LogP contribution >= 0.6 is 0 Å². The molecule has 214 valence electrons. The van der Waals surface area contributed by atoms with Gasteiger partial charge in [0.15, 0.2) is 0 Å². The molecule has 1 aliphatic rings. The van der Waals surface area contributed by atoms with Crippen molar-refractivity contribution in [2.24, 2.45) is 11.3 Å². The maximum atomic E-state index is 13.0. The summed E-state index contributed by atoms with van der Waals surface area (Å²) in [6.45, 7) is 11.3. The van der Waals surface area contributed by atoms with Crippen LogP contribution < -0.4 is 15.4 Å². The van der Waals surface area contributed by atoms with E-state index in [0.717, 1.165) is 56.5 Å². The Hall–Kier alpha value is -2.90. The van der Waals surface area contributed by atoms with E-state index >= 15 is 0 Å². The summed E-state index contributed by atoms with van der Waals surface area (Å²) in [7, 11) is 0. The molecular weight excluding hydrogens is 492 g/mol. The maximum Gasteiger partial charge on any atom is 0.312 e. The first-order valence-electron chi connectivity index (χ1n) is 14.2. The number of esters is 2. The van der Waals surface area contributed by atoms with Crippen LogP contribution in [-0.4, -0.2) is 43.8 Å². The molecule has 0 bridgehead atoms. The molecule has 2 aromatic carbocycles. The van der Waals surface area contributed by atoms with Crippen LogP contribution in [0.1, 0.15) is 70.9 Å². The second kappa shape index (κ2) is 15.0. The number of unbranched alkanes of at least 4 members (excludes halogenated alkanes) is 1. The van der Waals surface area contributed by atoms with Gasteiger partial charge in [-0.3, -0.25) is 9.59 Å². The zero-order valence-corrected chi connectivity index (χ0v) is 24.1. The minimum Gasteiger partial charge on any atom is -0.493 e. The molecule has 39 heavy (non-hydrogen) atoms. The lowest BCUT2D eigenvalue weighted by atomic mass is 9.75. The van der Waals surface area contributed by atoms with Crippen molar-refractivity contribution in [3.05, 3.63) is 65.7 Å². The Morgan fingerprint density at radius 1 is 1.00 bits per heavy atom. The molecule has 1 aliphatic heterocycles. The number of ether oxygens (including phenoxy) is 3. The summed E-state index contributed by atoms with van der Waals surface area (Å²) in [4.78, 5) is 25.6. The van der Waals surface area contributed by atoms with Crippen molar-refractivity contribution < 1.29 is 23.8 Å². The summed E-state index contributed by atoms with van der Waals surface area (Å²) in [6, 6.07) is 17.8. The molecule has 0 saturated carbocycles. The van der Waals surface area contributed by atoms with Crippen LogP contribution in [0, 0.1) is 11.3 Å². The van der Waals surface area contributed by atoms with Crippen LogP contribution in [0.4, 0.5) is 0 Å². The molecule has 7 nitrogen and oxygen atoms in total. The molecule has 3 rings (SSSR count). The van der Waals surface area contributed by atoms with Crippen molar-refractivity contribution in [3.63, 3.8) is 0 Å². The fraction of sp³-hybridized carbons (Fsp3) is 0.562. The number of para-hydroxylation sites is 1. The summed E-state index contributed by atoms with van der Waals surface area (Å²) in [6.07, 6.45) is 4.11. The van der Waals surface area contributed by atoms with Crippen LogP contribution in [0.2, 0.25) is 0 Å². The van der Waals surface area contributed by atoms with E-state index in [2.05, 4.69) is 22.8 Å². The van der Waals surface area contributed by atoms with E-state index in [1.54, 1.807) is 0 Å². The minimum atomic E-state index is -0.484. The van der Waals surface area contributed by atoms with Crippen molar-refractivity contribution in [1.82, 2.24) is 10.6 Å². The van der Waals surface area contributed by atoms with Crippen LogP contribution in [-0.2, 0) is 32.2 Å². The van der Waals surface area contributed by atoms with Gasteiger partial charge in [-0.05, 0) is 77.6 Å². The zero-order chi connectivity index (χ0) is 28.1. The number of piperidine rings is 1. The molecule has 0 radical (unpaired) electrons. The second-order valence-corrected chi connectivity index (χ2v) is 11.6. The van der Waals surface area contributed by atoms with Gasteiger partial charge in [0.2, 0.25) is 0 Å². The van der Waals surface area contributed by atoms with Gasteiger partial charge in [-0.1, -0.05) is 55.5 Å². The minimum absolute atomic E-state index is 0.0749. The van der Waals surface area contributed by atoms with E-state index in [4.69, 9.17) is 14.2 Å². The van der Waals surface area contributed by atoms with Crippen LogP contribution in [0.15, 0.2) is 54.6 Å². The number of nitrogens with one attached hydrogen (secondary N) is 2. The van der Waals surface area contributed by atoms with Crippen molar-refractivity contribution >= 4 is 11.9 Å². The second-order valence-electron chi connectivity index (χ2n) is 11.6. The predicted octanol–water partition coefficient (Wildman–Crippen LogP) is 5.42. The summed E-state index contributed by atoms with van der Waals surface area (Å²) in [5.74, 6) is 0.159. The van der Waals surface area contributed by atoms with E-state index in [-0.39, 0.29) is 24.5 Å². The Morgan fingerprint density at radius 2 is 1.69 bits per heavy atom. The van der Waals surface area contributed by atoms with Crippen LogP contribution in [0.25, 0.3) is 0 Å². The Labute approximate surface area is 234 Å². The lowest BCUT2D eigenvalue weighted by Gasteiger charge is -2.37. The largest absolute Gasteiger partial charge is 0.493 e. The maximum absolute atomic E-state index is 13.0. The van der Waals surface area contributed by atoms with Crippen LogP contribution in [0.3, 0.4) is 0 Å². The average Bonchev–Trinajstić information content (AvgIpc) is 2.92. The summed E-state index contributed by atoms with van der Waals surface area (Å²) >= 11 is 0. The molecule has 0 aromatic heterocycles. The van der Waals surface area contributed by atoms with Crippen LogP contribution in [0.5, 0.6) is 5.75 Å². The molecular formula is C32H46N2O5. The number of carbonyl (C=O) groups is 2. The molecule has 1 atom stereocenters. The lowest BCUT2D eigenvalue weighted by Crippen LogP contribution is -2.45. The Morgan fingerprint density at radius 3 is 2.41 bits per heavy atom. The van der Waals surface area contributed by atoms with E-state index in [9.17, 15) is 9.59 Å². The lowest BCUT2D eigenvalue weighted by molar-refractivity contribution is -0.170. The number of rotatable bonds is 14. The molecule has 1 saturated heterocycles. The molecule has 0 amide bonds. The fourth-order valence-electron chi connectivity index (χ4n) is 4.76. The monoisotopic (exact) mass is 538 g/mol. The van der Waals surface area contributed by atoms with Gasteiger partial charge >= 0.3 is 11.9 Å². The molecule has 1 fully saturated rings. The number of benzene rings is 2. The van der Waals surface area contributed by atoms with Gasteiger partial charge in [-0.2, -0.15) is 0 Å². The average molecular weight is 539 g/mol. The molecule has 1 heterocycles. The van der Waals surface area contributed by atoms with E-state index in [0.29, 0.717) is 19.7 Å². The predicted molar refractivity (Wildman–Crippen MR) is 153 cm³/mol. The normalized spacial score (nSPS) is 15.8. The first kappa shape index (κ1) is 30.6. The van der Waals surface area contributed by atoms with E-state index < -0.39 is 11.0 Å². The highest BCUT2D eigenvalue weighted by Crippen LogP contribution is 2.37. The van der Waals surface area contributed by atoms with Gasteiger partial charge in [0.25, 0.3) is 0 Å². The molecule has 7 heteroatoms. The zero-order valence-electron chi connectivity index (χ0n) is 24.1. The Bertz CT molecular complexity index is 1030. The molecule has 0 spiro atoms. The highest BCUT2D eigenvalue weighted by molar-refractivity contribution is 5.77. The van der Waals surface area contributed by atoms with Gasteiger partial charge in [-0.15, -0.1) is 0 Å². The van der Waals surface area contributed by atoms with Crippen molar-refractivity contribution in [3.8, 4) is 5.75 Å². The topological polar surface area (TPSA) is 85.9 Å². The van der Waals surface area contributed by atoms with Crippen molar-refractivity contribution in [2.75, 3.05) is 26.2 Å². The number of hydrogen-bond donors (Lipinski definition) is 2. The Balaban J connectivity index is 1.41. The quantitative estimate of drug-likeness (QED) is 0.245. The first-order valence-corrected chi connectivity index (χ1v) is 14.2. The summed E-state index contributed by atoms with van der Waals surface area (Å²) in [5.41, 5.74) is 1.12. The van der Waals surface area contributed by atoms with Gasteiger partial charge in [0.1, 0.15) is 18.0 Å². The molecule has 1 unspecified atom stereocenters. The van der Waals surface area contributed by atoms with Gasteiger partial charge < -0.3 is 24.8 Å². The molecule has 0 aliphatic carbocycles. The summed E-state index contributed by atoms with van der Waals surface area (Å²) in [5, 5.41) is 6.68. The highest BCUT2D eigenvalue weighted by atomic mass is 16.6. The third-order valence-corrected chi connectivity index (χ3v) is 7.07. The van der Waals surface area contributed by atoms with Crippen molar-refractivity contribution in [2.45, 2.75) is 78.6 Å². The van der Waals surface area contributed by atoms with Gasteiger partial charge in [0, 0.05) is 18.7 Å². The fourth-order valence-corrected chi connectivity index (χ4v) is 4.76. The SMILES string of the molecule is CC(CNCc1ccccc1)C(=O)OCc1ccccc1OCCCCC1(C(=O)OC(C)(C)C)CCNCC1. The number of hydrogen-bond acceptors (Lipinski definition) is 7. The van der Waals surface area contributed by atoms with Crippen molar-refractivity contribution in [1.29, 1.82) is 0 Å².